The van der Waals surface area contributed by atoms with Crippen LogP contribution >= 0.6 is 0 Å². The van der Waals surface area contributed by atoms with Gasteiger partial charge < -0.3 is 15.0 Å². The predicted octanol–water partition coefficient (Wildman–Crippen LogP) is 1.77. The summed E-state index contributed by atoms with van der Waals surface area (Å²) in [4.78, 5) is 36.9. The third-order valence-electron chi connectivity index (χ3n) is 6.39. The van der Waals surface area contributed by atoms with Crippen LogP contribution in [0.2, 0.25) is 0 Å². The van der Waals surface area contributed by atoms with E-state index in [0.29, 0.717) is 49.9 Å². The molecule has 0 aliphatic carbocycles. The molecule has 8 nitrogen and oxygen atoms in total. The van der Waals surface area contributed by atoms with Crippen LogP contribution < -0.4 is 15.8 Å². The first-order chi connectivity index (χ1) is 16.0. The largest absolute Gasteiger partial charge is 0.378 e. The normalized spacial score (nSPS) is 17.8. The van der Waals surface area contributed by atoms with E-state index < -0.39 is 0 Å². The number of hydrogen-bond donors (Lipinski definition) is 2. The highest BCUT2D eigenvalue weighted by atomic mass is 19.1. The number of aromatic nitrogens is 2. The summed E-state index contributed by atoms with van der Waals surface area (Å²) in [6.07, 6.45) is 2.38. The van der Waals surface area contributed by atoms with Crippen molar-refractivity contribution in [2.75, 3.05) is 44.3 Å². The number of aromatic amines is 1. The summed E-state index contributed by atoms with van der Waals surface area (Å²) in [5.41, 5.74) is 2.15. The minimum Gasteiger partial charge on any atom is -0.378 e. The monoisotopic (exact) mass is 457 g/mol. The molecule has 1 amide bonds. The fourth-order valence-electron chi connectivity index (χ4n) is 4.44. The van der Waals surface area contributed by atoms with Crippen molar-refractivity contribution in [1.82, 2.24) is 20.2 Å². The van der Waals surface area contributed by atoms with Crippen LogP contribution in [-0.4, -0.2) is 66.2 Å². The Labute approximate surface area is 193 Å². The lowest BCUT2D eigenvalue weighted by Gasteiger charge is -2.32. The lowest BCUT2D eigenvalue weighted by atomic mass is 10.0. The number of morpholine rings is 1. The van der Waals surface area contributed by atoms with E-state index in [-0.39, 0.29) is 29.7 Å². The molecule has 33 heavy (non-hydrogen) atoms. The van der Waals surface area contributed by atoms with Crippen LogP contribution in [-0.2, 0) is 22.5 Å². The summed E-state index contributed by atoms with van der Waals surface area (Å²) < 4.78 is 18.4. The Morgan fingerprint density at radius 2 is 1.88 bits per heavy atom. The van der Waals surface area contributed by atoms with Gasteiger partial charge in [-0.05, 0) is 43.9 Å². The molecule has 3 heterocycles. The van der Waals surface area contributed by atoms with Crippen molar-refractivity contribution in [3.05, 3.63) is 57.3 Å². The third-order valence-corrected chi connectivity index (χ3v) is 6.39. The van der Waals surface area contributed by atoms with Gasteiger partial charge in [0, 0.05) is 56.4 Å². The lowest BCUT2D eigenvalue weighted by molar-refractivity contribution is -0.122. The Morgan fingerprint density at radius 3 is 2.55 bits per heavy atom. The fourth-order valence-corrected chi connectivity index (χ4v) is 4.44. The van der Waals surface area contributed by atoms with Crippen molar-refractivity contribution < 1.29 is 13.9 Å². The summed E-state index contributed by atoms with van der Waals surface area (Å²) in [6, 6.07) is 6.75. The number of ether oxygens (including phenoxy) is 1. The summed E-state index contributed by atoms with van der Waals surface area (Å²) in [5, 5.41) is 3.11. The highest BCUT2D eigenvalue weighted by molar-refractivity contribution is 5.76. The lowest BCUT2D eigenvalue weighted by Crippen LogP contribution is -2.44. The number of likely N-dealkylation sites (tertiary alicyclic amines) is 1. The summed E-state index contributed by atoms with van der Waals surface area (Å²) in [6.45, 7) is 7.02. The van der Waals surface area contributed by atoms with E-state index in [1.165, 1.54) is 12.1 Å². The molecule has 0 radical (unpaired) electrons. The Bertz CT molecular complexity index is 996. The van der Waals surface area contributed by atoms with Gasteiger partial charge in [0.25, 0.3) is 5.56 Å². The van der Waals surface area contributed by atoms with E-state index in [2.05, 4.69) is 20.2 Å². The van der Waals surface area contributed by atoms with Gasteiger partial charge in [0.2, 0.25) is 11.9 Å². The minimum absolute atomic E-state index is 0.0389. The van der Waals surface area contributed by atoms with Crippen LogP contribution in [0.15, 0.2) is 29.1 Å². The Morgan fingerprint density at radius 1 is 1.18 bits per heavy atom. The highest BCUT2D eigenvalue weighted by Crippen LogP contribution is 2.15. The Balaban J connectivity index is 1.23. The van der Waals surface area contributed by atoms with Crippen molar-refractivity contribution in [1.29, 1.82) is 0 Å². The molecule has 1 aromatic carbocycles. The average molecular weight is 458 g/mol. The zero-order valence-corrected chi connectivity index (χ0v) is 19.1. The van der Waals surface area contributed by atoms with Crippen molar-refractivity contribution in [3.63, 3.8) is 0 Å². The van der Waals surface area contributed by atoms with Crippen LogP contribution in [0.1, 0.15) is 36.1 Å². The van der Waals surface area contributed by atoms with Gasteiger partial charge in [-0.1, -0.05) is 12.1 Å². The third kappa shape index (κ3) is 6.39. The predicted molar refractivity (Wildman–Crippen MR) is 124 cm³/mol. The number of piperidine rings is 1. The van der Waals surface area contributed by atoms with Crippen LogP contribution in [0.3, 0.4) is 0 Å². The maximum Gasteiger partial charge on any atom is 0.255 e. The number of aryl methyl sites for hydroxylation is 1. The molecule has 0 saturated carbocycles. The molecule has 0 spiro atoms. The second-order valence-electron chi connectivity index (χ2n) is 8.80. The molecule has 2 saturated heterocycles. The van der Waals surface area contributed by atoms with Gasteiger partial charge in [-0.2, -0.15) is 0 Å². The minimum atomic E-state index is -0.221. The maximum atomic E-state index is 13.1. The molecule has 178 valence electrons. The quantitative estimate of drug-likeness (QED) is 0.659. The maximum absolute atomic E-state index is 13.1. The molecule has 4 rings (SSSR count). The zero-order valence-electron chi connectivity index (χ0n) is 19.1. The molecule has 0 unspecified atom stereocenters. The van der Waals surface area contributed by atoms with Gasteiger partial charge >= 0.3 is 0 Å². The molecule has 9 heteroatoms. The van der Waals surface area contributed by atoms with E-state index in [1.54, 1.807) is 0 Å². The molecular formula is C24H32FN5O3. The van der Waals surface area contributed by atoms with Crippen molar-refractivity contribution in [2.24, 2.45) is 0 Å². The molecule has 0 atom stereocenters. The van der Waals surface area contributed by atoms with Crippen LogP contribution in [0.25, 0.3) is 0 Å². The fraction of sp³-hybridized carbons (Fsp3) is 0.542. The van der Waals surface area contributed by atoms with Crippen LogP contribution in [0.4, 0.5) is 10.3 Å². The molecule has 1 aromatic heterocycles. The number of halogens is 1. The molecule has 2 aliphatic rings. The first-order valence-corrected chi connectivity index (χ1v) is 11.7. The number of benzene rings is 1. The van der Waals surface area contributed by atoms with Crippen molar-refractivity contribution in [2.45, 2.75) is 45.2 Å². The first kappa shape index (κ1) is 23.4. The van der Waals surface area contributed by atoms with Gasteiger partial charge in [0.15, 0.2) is 0 Å². The smallest absolute Gasteiger partial charge is 0.255 e. The van der Waals surface area contributed by atoms with Gasteiger partial charge in [-0.25, -0.2) is 9.37 Å². The number of nitrogens with one attached hydrogen (secondary N) is 2. The first-order valence-electron chi connectivity index (χ1n) is 11.7. The summed E-state index contributed by atoms with van der Waals surface area (Å²) in [5.74, 6) is 0.311. The van der Waals surface area contributed by atoms with E-state index in [0.717, 1.165) is 38.0 Å². The standard InChI is InChI=1S/C24H32FN5O3/c1-17-21(23(32)28-24(26-17)30-12-14-33-15-13-30)6-7-22(31)27-20-8-10-29(11-9-20)16-18-2-4-19(25)5-3-18/h2-5,20H,6-16H2,1H3,(H,27,31)(H,26,28,32). The second-order valence-corrected chi connectivity index (χ2v) is 8.80. The number of hydrogen-bond acceptors (Lipinski definition) is 6. The Hall–Kier alpha value is -2.78. The number of carbonyl (C=O) groups excluding carboxylic acids is 1. The number of carbonyl (C=O) groups is 1. The average Bonchev–Trinajstić information content (AvgIpc) is 2.82. The summed E-state index contributed by atoms with van der Waals surface area (Å²) >= 11 is 0. The van der Waals surface area contributed by atoms with Gasteiger partial charge in [-0.3, -0.25) is 19.5 Å². The van der Waals surface area contributed by atoms with Gasteiger partial charge in [0.05, 0.1) is 13.2 Å². The highest BCUT2D eigenvalue weighted by Gasteiger charge is 2.21. The van der Waals surface area contributed by atoms with E-state index in [4.69, 9.17) is 4.74 Å². The molecule has 2 aliphatic heterocycles. The number of anilines is 1. The van der Waals surface area contributed by atoms with E-state index in [9.17, 15) is 14.0 Å². The molecule has 2 fully saturated rings. The van der Waals surface area contributed by atoms with Crippen LogP contribution in [0.5, 0.6) is 0 Å². The molecular weight excluding hydrogens is 425 g/mol. The topological polar surface area (TPSA) is 90.6 Å². The number of nitrogens with zero attached hydrogens (tertiary/aromatic N) is 3. The molecule has 2 N–H and O–H groups in total. The van der Waals surface area contributed by atoms with E-state index in [1.807, 2.05) is 24.0 Å². The zero-order chi connectivity index (χ0) is 23.2. The second kappa shape index (κ2) is 10.9. The number of H-pyrrole nitrogens is 1. The van der Waals surface area contributed by atoms with Crippen LogP contribution in [0, 0.1) is 12.7 Å². The SMILES string of the molecule is Cc1nc(N2CCOCC2)[nH]c(=O)c1CCC(=O)NC1CCN(Cc2ccc(F)cc2)CC1. The number of rotatable bonds is 7. The van der Waals surface area contributed by atoms with Gasteiger partial charge in [0.1, 0.15) is 5.82 Å². The summed E-state index contributed by atoms with van der Waals surface area (Å²) in [7, 11) is 0. The number of amides is 1. The molecule has 2 aromatic rings. The van der Waals surface area contributed by atoms with Gasteiger partial charge in [-0.15, -0.1) is 0 Å². The van der Waals surface area contributed by atoms with Crippen molar-refractivity contribution >= 4 is 11.9 Å². The molecule has 0 bridgehead atoms. The Kier molecular flexibility index (Phi) is 7.72. The van der Waals surface area contributed by atoms with Crippen molar-refractivity contribution in [3.8, 4) is 0 Å². The van der Waals surface area contributed by atoms with E-state index >= 15 is 0 Å².